The summed E-state index contributed by atoms with van der Waals surface area (Å²) in [5, 5.41) is 6.01. The maximum absolute atomic E-state index is 12.5. The molecule has 0 fully saturated rings. The van der Waals surface area contributed by atoms with Gasteiger partial charge in [0.05, 0.1) is 14.2 Å². The van der Waals surface area contributed by atoms with Crippen molar-refractivity contribution in [3.05, 3.63) is 47.5 Å². The number of carbonyl (C=O) groups is 1. The van der Waals surface area contributed by atoms with E-state index in [1.54, 1.807) is 18.2 Å². The van der Waals surface area contributed by atoms with Gasteiger partial charge in [-0.1, -0.05) is 0 Å². The van der Waals surface area contributed by atoms with E-state index in [4.69, 9.17) is 21.7 Å². The number of anilines is 2. The summed E-state index contributed by atoms with van der Waals surface area (Å²) in [5.41, 5.74) is 3.45. The molecule has 2 aromatic rings. The van der Waals surface area contributed by atoms with E-state index in [1.165, 1.54) is 14.2 Å². The molecule has 0 aromatic heterocycles. The second-order valence-electron chi connectivity index (χ2n) is 6.18. The third-order valence-electron chi connectivity index (χ3n) is 4.43. The molecule has 0 aliphatic carbocycles. The molecule has 0 unspecified atom stereocenters. The number of aryl methyl sites for hydroxylation is 1. The molecular weight excluding hydrogens is 374 g/mol. The molecule has 2 rings (SSSR count). The second kappa shape index (κ2) is 9.94. The van der Waals surface area contributed by atoms with Gasteiger partial charge in [-0.2, -0.15) is 0 Å². The Balaban J connectivity index is 2.09. The number of thiocarbonyl (C=S) groups is 1. The minimum Gasteiger partial charge on any atom is -0.497 e. The molecule has 0 saturated heterocycles. The molecule has 0 aliphatic rings. The van der Waals surface area contributed by atoms with Gasteiger partial charge in [0.1, 0.15) is 11.5 Å². The highest BCUT2D eigenvalue weighted by molar-refractivity contribution is 7.80. The van der Waals surface area contributed by atoms with Gasteiger partial charge >= 0.3 is 0 Å². The number of amides is 1. The number of hydrogen-bond donors (Lipinski definition) is 2. The smallest absolute Gasteiger partial charge is 0.257 e. The zero-order valence-electron chi connectivity index (χ0n) is 17.0. The van der Waals surface area contributed by atoms with Crippen LogP contribution in [0.25, 0.3) is 0 Å². The van der Waals surface area contributed by atoms with Gasteiger partial charge in [-0.15, -0.1) is 0 Å². The first-order valence-electron chi connectivity index (χ1n) is 9.12. The highest BCUT2D eigenvalue weighted by Crippen LogP contribution is 2.24. The zero-order valence-corrected chi connectivity index (χ0v) is 17.8. The zero-order chi connectivity index (χ0) is 20.7. The minimum atomic E-state index is -0.341. The van der Waals surface area contributed by atoms with Crippen molar-refractivity contribution in [1.82, 2.24) is 5.32 Å². The summed E-state index contributed by atoms with van der Waals surface area (Å²) >= 11 is 5.31. The highest BCUT2D eigenvalue weighted by Gasteiger charge is 2.12. The first-order valence-corrected chi connectivity index (χ1v) is 9.53. The molecular formula is C21H27N3O3S. The molecule has 0 spiro atoms. The fourth-order valence-electron chi connectivity index (χ4n) is 2.84. The number of ether oxygens (including phenoxy) is 2. The van der Waals surface area contributed by atoms with Crippen molar-refractivity contribution in [2.75, 3.05) is 37.5 Å². The lowest BCUT2D eigenvalue weighted by molar-refractivity contribution is 0.0977. The SMILES string of the molecule is CCN(CC)c1ccc(NC(=S)NC(=O)c2cc(OC)cc(OC)c2)c(C)c1. The van der Waals surface area contributed by atoms with Crippen LogP contribution in [0.5, 0.6) is 11.5 Å². The Morgan fingerprint density at radius 3 is 2.14 bits per heavy atom. The summed E-state index contributed by atoms with van der Waals surface area (Å²) in [4.78, 5) is 14.8. The van der Waals surface area contributed by atoms with Gasteiger partial charge in [-0.25, -0.2) is 0 Å². The fourth-order valence-corrected chi connectivity index (χ4v) is 3.04. The number of rotatable bonds is 7. The second-order valence-corrected chi connectivity index (χ2v) is 6.59. The summed E-state index contributed by atoms with van der Waals surface area (Å²) in [6.07, 6.45) is 0. The van der Waals surface area contributed by atoms with Gasteiger partial charge in [-0.05, 0) is 68.9 Å². The van der Waals surface area contributed by atoms with Crippen LogP contribution in [0.1, 0.15) is 29.8 Å². The number of benzene rings is 2. The predicted octanol–water partition coefficient (Wildman–Crippen LogP) is 3.99. The lowest BCUT2D eigenvalue weighted by atomic mass is 10.1. The molecule has 7 heteroatoms. The first kappa shape index (κ1) is 21.5. The van der Waals surface area contributed by atoms with Crippen molar-refractivity contribution < 1.29 is 14.3 Å². The van der Waals surface area contributed by atoms with Crippen molar-refractivity contribution in [2.45, 2.75) is 20.8 Å². The summed E-state index contributed by atoms with van der Waals surface area (Å²) in [7, 11) is 3.07. The Kier molecular flexibility index (Phi) is 7.63. The van der Waals surface area contributed by atoms with E-state index in [0.717, 1.165) is 30.0 Å². The van der Waals surface area contributed by atoms with Crippen LogP contribution in [0.2, 0.25) is 0 Å². The number of carbonyl (C=O) groups excluding carboxylic acids is 1. The topological polar surface area (TPSA) is 62.8 Å². The number of nitrogens with zero attached hydrogens (tertiary/aromatic N) is 1. The van der Waals surface area contributed by atoms with E-state index in [1.807, 2.05) is 19.1 Å². The van der Waals surface area contributed by atoms with E-state index in [0.29, 0.717) is 17.1 Å². The Bertz CT molecular complexity index is 829. The summed E-state index contributed by atoms with van der Waals surface area (Å²) in [6, 6.07) is 11.1. The van der Waals surface area contributed by atoms with Gasteiger partial charge in [0, 0.05) is 36.1 Å². The van der Waals surface area contributed by atoms with Crippen LogP contribution in [0.15, 0.2) is 36.4 Å². The molecule has 0 radical (unpaired) electrons. The standard InChI is InChI=1S/C21H27N3O3S/c1-6-24(7-2)16-8-9-19(14(3)10-16)22-21(28)23-20(25)15-11-17(26-4)13-18(12-15)27-5/h8-13H,6-7H2,1-5H3,(H2,22,23,25,28). The van der Waals surface area contributed by atoms with Gasteiger partial charge < -0.3 is 19.7 Å². The van der Waals surface area contributed by atoms with Gasteiger partial charge in [0.25, 0.3) is 5.91 Å². The molecule has 28 heavy (non-hydrogen) atoms. The van der Waals surface area contributed by atoms with Crippen LogP contribution in [0.4, 0.5) is 11.4 Å². The molecule has 0 bridgehead atoms. The summed E-state index contributed by atoms with van der Waals surface area (Å²) < 4.78 is 10.4. The summed E-state index contributed by atoms with van der Waals surface area (Å²) in [5.74, 6) is 0.726. The van der Waals surface area contributed by atoms with Crippen LogP contribution in [-0.2, 0) is 0 Å². The predicted molar refractivity (Wildman–Crippen MR) is 118 cm³/mol. The summed E-state index contributed by atoms with van der Waals surface area (Å²) in [6.45, 7) is 8.15. The largest absolute Gasteiger partial charge is 0.497 e. The van der Waals surface area contributed by atoms with Crippen molar-refractivity contribution in [1.29, 1.82) is 0 Å². The number of hydrogen-bond acceptors (Lipinski definition) is 5. The van der Waals surface area contributed by atoms with Crippen LogP contribution in [0.3, 0.4) is 0 Å². The lowest BCUT2D eigenvalue weighted by Crippen LogP contribution is -2.34. The first-order chi connectivity index (χ1) is 13.4. The fraction of sp³-hybridized carbons (Fsp3) is 0.333. The number of nitrogens with one attached hydrogen (secondary N) is 2. The minimum absolute atomic E-state index is 0.227. The molecule has 0 saturated carbocycles. The van der Waals surface area contributed by atoms with E-state index in [2.05, 4.69) is 35.4 Å². The molecule has 6 nitrogen and oxygen atoms in total. The van der Waals surface area contributed by atoms with E-state index < -0.39 is 0 Å². The molecule has 0 aliphatic heterocycles. The normalized spacial score (nSPS) is 10.2. The van der Waals surface area contributed by atoms with E-state index in [9.17, 15) is 4.79 Å². The van der Waals surface area contributed by atoms with Crippen molar-refractivity contribution in [3.63, 3.8) is 0 Å². The Morgan fingerprint density at radius 1 is 1.04 bits per heavy atom. The molecule has 0 heterocycles. The average Bonchev–Trinajstić information content (AvgIpc) is 2.70. The monoisotopic (exact) mass is 401 g/mol. The van der Waals surface area contributed by atoms with Crippen molar-refractivity contribution in [3.8, 4) is 11.5 Å². The molecule has 1 amide bonds. The van der Waals surface area contributed by atoms with Gasteiger partial charge in [0.2, 0.25) is 0 Å². The molecule has 150 valence electrons. The Labute approximate surface area is 171 Å². The lowest BCUT2D eigenvalue weighted by Gasteiger charge is -2.22. The maximum Gasteiger partial charge on any atom is 0.257 e. The van der Waals surface area contributed by atoms with Gasteiger partial charge in [-0.3, -0.25) is 10.1 Å². The van der Waals surface area contributed by atoms with Crippen LogP contribution >= 0.6 is 12.2 Å². The maximum atomic E-state index is 12.5. The third kappa shape index (κ3) is 5.36. The van der Waals surface area contributed by atoms with Crippen molar-refractivity contribution >= 4 is 34.6 Å². The van der Waals surface area contributed by atoms with Crippen LogP contribution in [0, 0.1) is 6.92 Å². The average molecular weight is 402 g/mol. The van der Waals surface area contributed by atoms with Crippen LogP contribution in [-0.4, -0.2) is 38.3 Å². The van der Waals surface area contributed by atoms with Crippen LogP contribution < -0.4 is 25.0 Å². The molecule has 0 atom stereocenters. The Morgan fingerprint density at radius 2 is 1.64 bits per heavy atom. The third-order valence-corrected chi connectivity index (χ3v) is 4.63. The Hall–Kier alpha value is -2.80. The van der Waals surface area contributed by atoms with E-state index >= 15 is 0 Å². The molecule has 2 N–H and O–H groups in total. The van der Waals surface area contributed by atoms with Gasteiger partial charge in [0.15, 0.2) is 5.11 Å². The van der Waals surface area contributed by atoms with E-state index in [-0.39, 0.29) is 11.0 Å². The van der Waals surface area contributed by atoms with Crippen molar-refractivity contribution in [2.24, 2.45) is 0 Å². The highest BCUT2D eigenvalue weighted by atomic mass is 32.1. The number of methoxy groups -OCH3 is 2. The quantitative estimate of drug-likeness (QED) is 0.684. The molecule has 2 aromatic carbocycles.